The van der Waals surface area contributed by atoms with Gasteiger partial charge in [0.05, 0.1) is 23.9 Å². The zero-order chi connectivity index (χ0) is 18.4. The Hall–Kier alpha value is -2.28. The van der Waals surface area contributed by atoms with Crippen molar-refractivity contribution in [2.24, 2.45) is 0 Å². The first-order valence-electron chi connectivity index (χ1n) is 8.43. The molecule has 2 fully saturated rings. The van der Waals surface area contributed by atoms with Crippen molar-refractivity contribution >= 4 is 10.0 Å². The van der Waals surface area contributed by atoms with Crippen LogP contribution in [0.4, 0.5) is 0 Å². The van der Waals surface area contributed by atoms with Gasteiger partial charge in [0, 0.05) is 18.9 Å². The zero-order valence-corrected chi connectivity index (χ0v) is 14.8. The van der Waals surface area contributed by atoms with Crippen molar-refractivity contribution in [2.75, 3.05) is 13.1 Å². The number of aliphatic hydroxyl groups is 1. The average molecular weight is 374 g/mol. The Labute approximate surface area is 151 Å². The summed E-state index contributed by atoms with van der Waals surface area (Å²) in [5, 5.41) is 23.7. The number of β-amino-alcohol motifs (C(OH)–C–C–N with tert-alkyl or cyclic N) is 1. The molecule has 0 amide bonds. The van der Waals surface area contributed by atoms with Gasteiger partial charge in [-0.05, 0) is 30.5 Å². The number of hydrogen-bond acceptors (Lipinski definition) is 7. The molecule has 0 unspecified atom stereocenters. The molecule has 1 aromatic carbocycles. The minimum atomic E-state index is -3.64. The summed E-state index contributed by atoms with van der Waals surface area (Å²) in [6.45, 7) is 0.0670. The largest absolute Gasteiger partial charge is 0.379 e. The van der Waals surface area contributed by atoms with E-state index in [2.05, 4.69) is 10.1 Å². The van der Waals surface area contributed by atoms with Crippen molar-refractivity contribution in [1.82, 2.24) is 14.4 Å². The number of nitrogens with zero attached hydrogens (tertiary/aromatic N) is 4. The quantitative estimate of drug-likeness (QED) is 0.836. The lowest BCUT2D eigenvalue weighted by Gasteiger charge is -2.19. The van der Waals surface area contributed by atoms with Crippen molar-refractivity contribution in [1.29, 1.82) is 5.26 Å². The molecule has 2 heterocycles. The molecule has 0 bridgehead atoms. The highest BCUT2D eigenvalue weighted by Gasteiger charge is 2.47. The van der Waals surface area contributed by atoms with Gasteiger partial charge in [-0.1, -0.05) is 17.3 Å². The number of nitriles is 1. The third-order valence-electron chi connectivity index (χ3n) is 4.79. The van der Waals surface area contributed by atoms with Crippen LogP contribution in [0.3, 0.4) is 0 Å². The molecule has 1 aromatic heterocycles. The monoisotopic (exact) mass is 374 g/mol. The SMILES string of the molecule is N#Cc1cccc(CS(=O)(=O)N2CC[C@](O)(c3nc(C4CC4)no3)C2)c1. The molecule has 1 N–H and O–H groups in total. The minimum absolute atomic E-state index is 0.0866. The predicted octanol–water partition coefficient (Wildman–Crippen LogP) is 1.24. The molecule has 0 radical (unpaired) electrons. The number of sulfonamides is 1. The number of benzene rings is 1. The summed E-state index contributed by atoms with van der Waals surface area (Å²) in [6, 6.07) is 8.50. The van der Waals surface area contributed by atoms with Gasteiger partial charge in [0.1, 0.15) is 0 Å². The summed E-state index contributed by atoms with van der Waals surface area (Å²) in [5.74, 6) is 0.742. The van der Waals surface area contributed by atoms with Gasteiger partial charge in [0.15, 0.2) is 11.4 Å². The Morgan fingerprint density at radius 2 is 2.23 bits per heavy atom. The first-order chi connectivity index (χ1) is 12.4. The van der Waals surface area contributed by atoms with Crippen LogP contribution in [0.2, 0.25) is 0 Å². The van der Waals surface area contributed by atoms with Gasteiger partial charge in [0.2, 0.25) is 10.0 Å². The molecule has 4 rings (SSSR count). The average Bonchev–Trinajstić information content (AvgIpc) is 3.18. The van der Waals surface area contributed by atoms with E-state index in [1.807, 2.05) is 6.07 Å². The second kappa shape index (κ2) is 6.16. The molecular weight excluding hydrogens is 356 g/mol. The predicted molar refractivity (Wildman–Crippen MR) is 90.1 cm³/mol. The summed E-state index contributed by atoms with van der Waals surface area (Å²) in [6.07, 6.45) is 2.23. The standard InChI is InChI=1S/C17H18N4O4S/c18-9-12-2-1-3-13(8-12)10-26(23,24)21-7-6-17(22,11-21)16-19-15(20-25-16)14-4-5-14/h1-3,8,14,22H,4-7,10-11H2/t17-/m1/s1. The highest BCUT2D eigenvalue weighted by Crippen LogP contribution is 2.40. The van der Waals surface area contributed by atoms with Crippen molar-refractivity contribution in [3.05, 3.63) is 47.1 Å². The van der Waals surface area contributed by atoms with E-state index in [1.165, 1.54) is 4.31 Å². The molecule has 2 aromatic rings. The van der Waals surface area contributed by atoms with Crippen LogP contribution in [0.1, 0.15) is 48.0 Å². The molecule has 1 aliphatic carbocycles. The third kappa shape index (κ3) is 3.23. The first-order valence-corrected chi connectivity index (χ1v) is 10.0. The second-order valence-electron chi connectivity index (χ2n) is 6.92. The van der Waals surface area contributed by atoms with Gasteiger partial charge in [-0.15, -0.1) is 0 Å². The molecule has 8 nitrogen and oxygen atoms in total. The molecule has 1 aliphatic heterocycles. The third-order valence-corrected chi connectivity index (χ3v) is 6.59. The summed E-state index contributed by atoms with van der Waals surface area (Å²) in [7, 11) is -3.64. The van der Waals surface area contributed by atoms with Crippen LogP contribution in [0.5, 0.6) is 0 Å². The van der Waals surface area contributed by atoms with E-state index in [1.54, 1.807) is 24.3 Å². The zero-order valence-electron chi connectivity index (χ0n) is 14.0. The highest BCUT2D eigenvalue weighted by molar-refractivity contribution is 7.88. The Morgan fingerprint density at radius 3 is 2.96 bits per heavy atom. The van der Waals surface area contributed by atoms with Crippen LogP contribution in [0.15, 0.2) is 28.8 Å². The van der Waals surface area contributed by atoms with Gasteiger partial charge >= 0.3 is 0 Å². The Bertz CT molecular complexity index is 977. The van der Waals surface area contributed by atoms with Crippen LogP contribution in [0, 0.1) is 11.3 Å². The molecular formula is C17H18N4O4S. The summed E-state index contributed by atoms with van der Waals surface area (Å²) in [4.78, 5) is 4.26. The van der Waals surface area contributed by atoms with E-state index in [9.17, 15) is 13.5 Å². The lowest BCUT2D eigenvalue weighted by atomic mass is 10.0. The normalized spacial score (nSPS) is 23.8. The van der Waals surface area contributed by atoms with Crippen LogP contribution in [-0.4, -0.2) is 41.1 Å². The van der Waals surface area contributed by atoms with E-state index in [4.69, 9.17) is 9.78 Å². The van der Waals surface area contributed by atoms with E-state index in [0.29, 0.717) is 22.9 Å². The van der Waals surface area contributed by atoms with Gasteiger partial charge in [-0.25, -0.2) is 8.42 Å². The maximum absolute atomic E-state index is 12.7. The molecule has 26 heavy (non-hydrogen) atoms. The lowest BCUT2D eigenvalue weighted by molar-refractivity contribution is 0.0194. The van der Waals surface area contributed by atoms with Crippen LogP contribution < -0.4 is 0 Å². The van der Waals surface area contributed by atoms with Crippen LogP contribution >= 0.6 is 0 Å². The molecule has 0 spiro atoms. The van der Waals surface area contributed by atoms with Gasteiger partial charge < -0.3 is 9.63 Å². The Balaban J connectivity index is 1.50. The van der Waals surface area contributed by atoms with Gasteiger partial charge in [-0.2, -0.15) is 14.6 Å². The molecule has 1 saturated heterocycles. The van der Waals surface area contributed by atoms with Crippen LogP contribution in [0.25, 0.3) is 0 Å². The van der Waals surface area contributed by atoms with Gasteiger partial charge in [0.25, 0.3) is 5.89 Å². The minimum Gasteiger partial charge on any atom is -0.379 e. The van der Waals surface area contributed by atoms with Crippen molar-refractivity contribution in [2.45, 2.75) is 36.5 Å². The maximum atomic E-state index is 12.7. The smallest absolute Gasteiger partial charge is 0.260 e. The molecule has 1 saturated carbocycles. The lowest BCUT2D eigenvalue weighted by Crippen LogP contribution is -2.35. The topological polar surface area (TPSA) is 120 Å². The van der Waals surface area contributed by atoms with Crippen molar-refractivity contribution in [3.8, 4) is 6.07 Å². The molecule has 2 aliphatic rings. The molecule has 1 atom stereocenters. The molecule has 9 heteroatoms. The number of hydrogen-bond donors (Lipinski definition) is 1. The Kier molecular flexibility index (Phi) is 4.06. The second-order valence-corrected chi connectivity index (χ2v) is 8.88. The van der Waals surface area contributed by atoms with Crippen molar-refractivity contribution in [3.63, 3.8) is 0 Å². The first kappa shape index (κ1) is 17.1. The summed E-state index contributed by atoms with van der Waals surface area (Å²) < 4.78 is 31.9. The van der Waals surface area contributed by atoms with Crippen LogP contribution in [-0.2, 0) is 21.4 Å². The fourth-order valence-electron chi connectivity index (χ4n) is 3.14. The number of rotatable bonds is 5. The Morgan fingerprint density at radius 1 is 1.42 bits per heavy atom. The summed E-state index contributed by atoms with van der Waals surface area (Å²) in [5.41, 5.74) is -0.510. The summed E-state index contributed by atoms with van der Waals surface area (Å²) >= 11 is 0. The van der Waals surface area contributed by atoms with Gasteiger partial charge in [-0.3, -0.25) is 0 Å². The maximum Gasteiger partial charge on any atom is 0.260 e. The highest BCUT2D eigenvalue weighted by atomic mass is 32.2. The molecule has 136 valence electrons. The number of aromatic nitrogens is 2. The van der Waals surface area contributed by atoms with E-state index in [0.717, 1.165) is 12.8 Å². The fourth-order valence-corrected chi connectivity index (χ4v) is 4.70. The van der Waals surface area contributed by atoms with E-state index < -0.39 is 15.6 Å². The van der Waals surface area contributed by atoms with E-state index >= 15 is 0 Å². The fraction of sp³-hybridized carbons (Fsp3) is 0.471. The van der Waals surface area contributed by atoms with Crippen molar-refractivity contribution < 1.29 is 18.0 Å². The van der Waals surface area contributed by atoms with E-state index in [-0.39, 0.29) is 31.2 Å².